The number of ether oxygens (including phenoxy) is 6. The Hall–Kier alpha value is -4.36. The molecule has 238 valence electrons. The number of aromatic nitrogens is 1. The van der Waals surface area contributed by atoms with Crippen molar-refractivity contribution in [3.63, 3.8) is 0 Å². The van der Waals surface area contributed by atoms with Gasteiger partial charge in [-0.05, 0) is 78.2 Å². The zero-order chi connectivity index (χ0) is 32.7. The Morgan fingerprint density at radius 3 is 2.51 bits per heavy atom. The number of hydrogen-bond donors (Lipinski definition) is 0. The highest BCUT2D eigenvalue weighted by molar-refractivity contribution is 9.10. The number of nitrogens with zero attached hydrogens (tertiary/aromatic N) is 2. The lowest BCUT2D eigenvalue weighted by Crippen LogP contribution is -2.40. The molecule has 1 aliphatic rings. The standard InChI is InChI=1S/C32H33BrN2O9S/c1-7-12-43-29-21(33)13-19(14-24(29)39-5)15-25-30(37)35-28(27(31(38)42-9-3)18(4)34-32(35)45-25)20-10-11-22(23(16-20)41-8-2)44-17-26(36)40-6/h7,10-11,13-16,28H,1,8-9,12,17H2,2-6H3/b25-15-/t28-/m1/s1. The molecular weight excluding hydrogens is 668 g/mol. The van der Waals surface area contributed by atoms with Crippen LogP contribution in [0, 0.1) is 0 Å². The largest absolute Gasteiger partial charge is 0.493 e. The maximum Gasteiger partial charge on any atom is 0.343 e. The van der Waals surface area contributed by atoms with Crippen LogP contribution in [0.4, 0.5) is 0 Å². The predicted molar refractivity (Wildman–Crippen MR) is 172 cm³/mol. The summed E-state index contributed by atoms with van der Waals surface area (Å²) in [7, 11) is 2.80. The first-order valence-electron chi connectivity index (χ1n) is 13.9. The van der Waals surface area contributed by atoms with Gasteiger partial charge in [-0.25, -0.2) is 14.6 Å². The fraction of sp³-hybridized carbons (Fsp3) is 0.312. The average molecular weight is 702 g/mol. The first-order chi connectivity index (χ1) is 21.7. The summed E-state index contributed by atoms with van der Waals surface area (Å²) in [6.45, 7) is 9.31. The summed E-state index contributed by atoms with van der Waals surface area (Å²) in [5, 5.41) is 0. The summed E-state index contributed by atoms with van der Waals surface area (Å²) in [5.74, 6) is 0.467. The van der Waals surface area contributed by atoms with Gasteiger partial charge in [-0.3, -0.25) is 9.36 Å². The smallest absolute Gasteiger partial charge is 0.343 e. The van der Waals surface area contributed by atoms with Gasteiger partial charge < -0.3 is 28.4 Å². The molecule has 45 heavy (non-hydrogen) atoms. The van der Waals surface area contributed by atoms with Crippen LogP contribution in [0.1, 0.15) is 37.9 Å². The molecule has 0 aliphatic carbocycles. The highest BCUT2D eigenvalue weighted by Crippen LogP contribution is 2.38. The minimum absolute atomic E-state index is 0.139. The Morgan fingerprint density at radius 2 is 1.84 bits per heavy atom. The van der Waals surface area contributed by atoms with Gasteiger partial charge in [-0.1, -0.05) is 30.1 Å². The van der Waals surface area contributed by atoms with Gasteiger partial charge in [0.15, 0.2) is 34.4 Å². The molecule has 2 aromatic carbocycles. The van der Waals surface area contributed by atoms with E-state index in [0.29, 0.717) is 66.8 Å². The zero-order valence-electron chi connectivity index (χ0n) is 25.5. The number of allylic oxidation sites excluding steroid dienone is 1. The van der Waals surface area contributed by atoms with Gasteiger partial charge in [-0.2, -0.15) is 0 Å². The fourth-order valence-electron chi connectivity index (χ4n) is 4.64. The molecule has 1 aromatic heterocycles. The van der Waals surface area contributed by atoms with Crippen molar-refractivity contribution in [3.8, 4) is 23.0 Å². The quantitative estimate of drug-likeness (QED) is 0.192. The second kappa shape index (κ2) is 15.1. The minimum atomic E-state index is -0.882. The maximum absolute atomic E-state index is 14.1. The molecule has 4 rings (SSSR count). The molecule has 0 spiro atoms. The predicted octanol–water partition coefficient (Wildman–Crippen LogP) is 4.08. The van der Waals surface area contributed by atoms with E-state index in [9.17, 15) is 14.4 Å². The van der Waals surface area contributed by atoms with Crippen molar-refractivity contribution in [1.82, 2.24) is 4.57 Å². The van der Waals surface area contributed by atoms with E-state index < -0.39 is 18.0 Å². The molecule has 1 aliphatic heterocycles. The first kappa shape index (κ1) is 33.5. The molecule has 0 radical (unpaired) electrons. The molecule has 0 N–H and O–H groups in total. The lowest BCUT2D eigenvalue weighted by molar-refractivity contribution is -0.143. The number of carbonyl (C=O) groups is 2. The van der Waals surface area contributed by atoms with E-state index in [-0.39, 0.29) is 24.3 Å². The molecule has 0 fully saturated rings. The molecule has 0 unspecified atom stereocenters. The Kier molecular flexibility index (Phi) is 11.2. The number of hydrogen-bond acceptors (Lipinski definition) is 11. The molecule has 0 bridgehead atoms. The summed E-state index contributed by atoms with van der Waals surface area (Å²) in [4.78, 5) is 44.1. The van der Waals surface area contributed by atoms with E-state index in [0.717, 1.165) is 0 Å². The van der Waals surface area contributed by atoms with Crippen molar-refractivity contribution < 1.29 is 38.0 Å². The van der Waals surface area contributed by atoms with Crippen LogP contribution in [-0.2, 0) is 19.1 Å². The Morgan fingerprint density at radius 1 is 1.07 bits per heavy atom. The third kappa shape index (κ3) is 7.31. The summed E-state index contributed by atoms with van der Waals surface area (Å²) in [6, 6.07) is 7.70. The molecular formula is C32H33BrN2O9S. The molecule has 3 aromatic rings. The molecule has 13 heteroatoms. The van der Waals surface area contributed by atoms with E-state index in [1.54, 1.807) is 57.2 Å². The number of carbonyl (C=O) groups excluding carboxylic acids is 2. The van der Waals surface area contributed by atoms with E-state index in [2.05, 4.69) is 32.2 Å². The Labute approximate surface area is 272 Å². The highest BCUT2D eigenvalue weighted by atomic mass is 79.9. The summed E-state index contributed by atoms with van der Waals surface area (Å²) < 4.78 is 35.3. The van der Waals surface area contributed by atoms with Gasteiger partial charge in [0, 0.05) is 0 Å². The number of methoxy groups -OCH3 is 2. The Bertz CT molecular complexity index is 1830. The number of halogens is 1. The number of thiazole rings is 1. The lowest BCUT2D eigenvalue weighted by atomic mass is 9.95. The molecule has 0 amide bonds. The van der Waals surface area contributed by atoms with Crippen LogP contribution in [0.5, 0.6) is 23.0 Å². The highest BCUT2D eigenvalue weighted by Gasteiger charge is 2.34. The van der Waals surface area contributed by atoms with Gasteiger partial charge >= 0.3 is 11.9 Å². The van der Waals surface area contributed by atoms with Gasteiger partial charge in [0.2, 0.25) is 0 Å². The van der Waals surface area contributed by atoms with Crippen molar-refractivity contribution >= 4 is 45.3 Å². The van der Waals surface area contributed by atoms with E-state index in [1.807, 2.05) is 6.07 Å². The SMILES string of the molecule is C=CCOc1c(Br)cc(/C=c2\sc3n(c2=O)[C@H](c2ccc(OCC(=O)OC)c(OCC)c2)C(C(=O)OCC)=C(C)N=3)cc1OC. The van der Waals surface area contributed by atoms with Crippen LogP contribution < -0.4 is 33.8 Å². The second-order valence-corrected chi connectivity index (χ2v) is 11.3. The van der Waals surface area contributed by atoms with Crippen molar-refractivity contribution in [2.45, 2.75) is 26.8 Å². The van der Waals surface area contributed by atoms with Crippen molar-refractivity contribution in [3.05, 3.63) is 89.5 Å². The van der Waals surface area contributed by atoms with Crippen molar-refractivity contribution in [1.29, 1.82) is 0 Å². The monoisotopic (exact) mass is 700 g/mol. The van der Waals surface area contributed by atoms with Gasteiger partial charge in [-0.15, -0.1) is 0 Å². The number of rotatable bonds is 13. The molecule has 2 heterocycles. The maximum atomic E-state index is 14.1. The topological polar surface area (TPSA) is 124 Å². The third-order valence-corrected chi connectivity index (χ3v) is 8.14. The second-order valence-electron chi connectivity index (χ2n) is 9.44. The fourth-order valence-corrected chi connectivity index (χ4v) is 6.26. The van der Waals surface area contributed by atoms with Crippen molar-refractivity contribution in [2.75, 3.05) is 40.6 Å². The number of benzene rings is 2. The van der Waals surface area contributed by atoms with Crippen LogP contribution in [0.15, 0.2) is 68.5 Å². The summed E-state index contributed by atoms with van der Waals surface area (Å²) >= 11 is 4.72. The summed E-state index contributed by atoms with van der Waals surface area (Å²) in [5.41, 5.74) is 1.52. The average Bonchev–Trinajstić information content (AvgIpc) is 3.32. The molecule has 0 saturated heterocycles. The molecule has 1 atom stereocenters. The van der Waals surface area contributed by atoms with E-state index >= 15 is 0 Å². The van der Waals surface area contributed by atoms with E-state index in [4.69, 9.17) is 23.7 Å². The van der Waals surface area contributed by atoms with Gasteiger partial charge in [0.05, 0.1) is 53.8 Å². The van der Waals surface area contributed by atoms with Crippen LogP contribution in [0.3, 0.4) is 0 Å². The van der Waals surface area contributed by atoms with Crippen LogP contribution in [-0.4, -0.2) is 57.2 Å². The molecule has 11 nitrogen and oxygen atoms in total. The lowest BCUT2D eigenvalue weighted by Gasteiger charge is -2.25. The van der Waals surface area contributed by atoms with Crippen molar-refractivity contribution in [2.24, 2.45) is 4.99 Å². The molecule has 0 saturated carbocycles. The van der Waals surface area contributed by atoms with Crippen LogP contribution >= 0.6 is 27.3 Å². The van der Waals surface area contributed by atoms with Gasteiger partial charge in [0.25, 0.3) is 5.56 Å². The van der Waals surface area contributed by atoms with Crippen LogP contribution in [0.25, 0.3) is 6.08 Å². The van der Waals surface area contributed by atoms with E-state index in [1.165, 1.54) is 30.1 Å². The van der Waals surface area contributed by atoms with Crippen LogP contribution in [0.2, 0.25) is 0 Å². The normalized spacial score (nSPS) is 14.3. The Balaban J connectivity index is 1.89. The third-order valence-electron chi connectivity index (χ3n) is 6.57. The number of fused-ring (bicyclic) bond motifs is 1. The van der Waals surface area contributed by atoms with Gasteiger partial charge in [0.1, 0.15) is 6.61 Å². The zero-order valence-corrected chi connectivity index (χ0v) is 27.9. The number of esters is 2. The minimum Gasteiger partial charge on any atom is -0.493 e. The summed E-state index contributed by atoms with van der Waals surface area (Å²) in [6.07, 6.45) is 3.36. The first-order valence-corrected chi connectivity index (χ1v) is 15.5.